The van der Waals surface area contributed by atoms with Gasteiger partial charge < -0.3 is 10.5 Å². The molecule has 0 amide bonds. The molecule has 27 heavy (non-hydrogen) atoms. The number of hydrogen-bond acceptors (Lipinski definition) is 6. The summed E-state index contributed by atoms with van der Waals surface area (Å²) in [4.78, 5) is 23.0. The van der Waals surface area contributed by atoms with Crippen LogP contribution in [0.15, 0.2) is 53.3 Å². The highest BCUT2D eigenvalue weighted by Crippen LogP contribution is 2.24. The molecule has 0 unspecified atom stereocenters. The second-order valence-electron chi connectivity index (χ2n) is 5.80. The van der Waals surface area contributed by atoms with Crippen molar-refractivity contribution in [3.63, 3.8) is 0 Å². The zero-order chi connectivity index (χ0) is 19.4. The van der Waals surface area contributed by atoms with E-state index in [2.05, 4.69) is 0 Å². The van der Waals surface area contributed by atoms with Gasteiger partial charge in [0.1, 0.15) is 17.4 Å². The Hall–Kier alpha value is -3.70. The van der Waals surface area contributed by atoms with E-state index in [1.165, 1.54) is 34.9 Å². The maximum atomic E-state index is 12.7. The molecule has 0 saturated heterocycles. The van der Waals surface area contributed by atoms with E-state index in [9.17, 15) is 20.2 Å². The van der Waals surface area contributed by atoms with Gasteiger partial charge in [-0.25, -0.2) is 0 Å². The summed E-state index contributed by atoms with van der Waals surface area (Å²) < 4.78 is 6.98. The molecule has 3 rings (SSSR count). The van der Waals surface area contributed by atoms with Crippen molar-refractivity contribution in [2.45, 2.75) is 6.42 Å². The number of nitriles is 1. The topological polar surface area (TPSA) is 124 Å². The lowest BCUT2D eigenvalue weighted by atomic mass is 10.1. The highest BCUT2D eigenvalue weighted by molar-refractivity contribution is 5.83. The third kappa shape index (κ3) is 3.63. The van der Waals surface area contributed by atoms with Gasteiger partial charge in [0.2, 0.25) is 0 Å². The number of aromatic nitrogens is 1. The summed E-state index contributed by atoms with van der Waals surface area (Å²) in [7, 11) is 0. The van der Waals surface area contributed by atoms with E-state index in [-0.39, 0.29) is 11.3 Å². The lowest BCUT2D eigenvalue weighted by Crippen LogP contribution is -2.21. The highest BCUT2D eigenvalue weighted by atomic mass is 16.6. The van der Waals surface area contributed by atoms with E-state index >= 15 is 0 Å². The minimum absolute atomic E-state index is 0.0278. The van der Waals surface area contributed by atoms with Crippen molar-refractivity contribution in [1.29, 1.82) is 5.26 Å². The van der Waals surface area contributed by atoms with Crippen LogP contribution in [0.25, 0.3) is 16.6 Å². The fourth-order valence-corrected chi connectivity index (χ4v) is 2.72. The van der Waals surface area contributed by atoms with Gasteiger partial charge in [-0.2, -0.15) is 5.26 Å². The number of pyridine rings is 1. The Morgan fingerprint density at radius 2 is 1.93 bits per heavy atom. The molecule has 0 bridgehead atoms. The Morgan fingerprint density at radius 1 is 1.19 bits per heavy atom. The lowest BCUT2D eigenvalue weighted by molar-refractivity contribution is -0.384. The van der Waals surface area contributed by atoms with Gasteiger partial charge >= 0.3 is 0 Å². The molecule has 0 aliphatic heterocycles. The molecule has 8 heteroatoms. The van der Waals surface area contributed by atoms with Crippen molar-refractivity contribution in [3.8, 4) is 17.5 Å². The van der Waals surface area contributed by atoms with Gasteiger partial charge in [0.15, 0.2) is 0 Å². The summed E-state index contributed by atoms with van der Waals surface area (Å²) in [6, 6.07) is 14.2. The molecular formula is C19H16N4O4. The largest absolute Gasteiger partial charge is 0.494 e. The quantitative estimate of drug-likeness (QED) is 0.407. The molecule has 0 atom stereocenters. The van der Waals surface area contributed by atoms with Crippen LogP contribution < -0.4 is 16.0 Å². The molecule has 3 aromatic rings. The fraction of sp³-hybridized carbons (Fsp3) is 0.158. The van der Waals surface area contributed by atoms with E-state index in [4.69, 9.17) is 10.5 Å². The molecule has 0 spiro atoms. The number of rotatable bonds is 6. The summed E-state index contributed by atoms with van der Waals surface area (Å²) in [5.41, 5.74) is 5.86. The normalized spacial score (nSPS) is 10.5. The summed E-state index contributed by atoms with van der Waals surface area (Å²) in [5, 5.41) is 20.8. The minimum atomic E-state index is -0.513. The van der Waals surface area contributed by atoms with E-state index in [0.717, 1.165) is 0 Å². The lowest BCUT2D eigenvalue weighted by Gasteiger charge is -2.13. The zero-order valence-electron chi connectivity index (χ0n) is 14.3. The van der Waals surface area contributed by atoms with E-state index < -0.39 is 10.5 Å². The summed E-state index contributed by atoms with van der Waals surface area (Å²) in [6.07, 6.45) is 0.712. The monoisotopic (exact) mass is 364 g/mol. The van der Waals surface area contributed by atoms with Crippen molar-refractivity contribution in [3.05, 3.63) is 74.6 Å². The van der Waals surface area contributed by atoms with Crippen molar-refractivity contribution in [2.24, 2.45) is 5.73 Å². The van der Waals surface area contributed by atoms with Crippen LogP contribution in [-0.4, -0.2) is 22.6 Å². The number of nitrogens with zero attached hydrogens (tertiary/aromatic N) is 3. The van der Waals surface area contributed by atoms with Crippen molar-refractivity contribution < 1.29 is 9.66 Å². The molecule has 0 fully saturated rings. The minimum Gasteiger partial charge on any atom is -0.494 e. The first-order valence-electron chi connectivity index (χ1n) is 8.23. The van der Waals surface area contributed by atoms with Gasteiger partial charge in [0, 0.05) is 23.2 Å². The van der Waals surface area contributed by atoms with Crippen LogP contribution in [-0.2, 0) is 0 Å². The molecule has 0 saturated carbocycles. The molecular weight excluding hydrogens is 348 g/mol. The Labute approximate surface area is 154 Å². The smallest absolute Gasteiger partial charge is 0.273 e. The van der Waals surface area contributed by atoms with Crippen molar-refractivity contribution in [2.75, 3.05) is 13.2 Å². The number of nitro groups is 1. The van der Waals surface area contributed by atoms with Crippen LogP contribution in [0, 0.1) is 21.4 Å². The Bertz CT molecular complexity index is 1100. The van der Waals surface area contributed by atoms with Crippen LogP contribution in [0.3, 0.4) is 0 Å². The SMILES string of the molecule is N#Cc1cc2cc(OCCCN)ccc2n(-c2ccc([N+](=O)[O-])cc2)c1=O. The number of fused-ring (bicyclic) bond motifs is 1. The van der Waals surface area contributed by atoms with E-state index in [1.54, 1.807) is 18.2 Å². The van der Waals surface area contributed by atoms with Gasteiger partial charge in [-0.1, -0.05) is 0 Å². The molecule has 2 aromatic carbocycles. The summed E-state index contributed by atoms with van der Waals surface area (Å²) in [5.74, 6) is 0.605. The van der Waals surface area contributed by atoms with Crippen LogP contribution in [0.4, 0.5) is 5.69 Å². The number of nitrogens with two attached hydrogens (primary N) is 1. The molecule has 0 radical (unpaired) electrons. The average molecular weight is 364 g/mol. The molecule has 136 valence electrons. The molecule has 0 aliphatic rings. The van der Waals surface area contributed by atoms with Gasteiger partial charge in [-0.15, -0.1) is 0 Å². The molecule has 1 heterocycles. The molecule has 1 aromatic heterocycles. The third-order valence-corrected chi connectivity index (χ3v) is 4.03. The van der Waals surface area contributed by atoms with Gasteiger partial charge in [0.25, 0.3) is 11.2 Å². The number of non-ortho nitro benzene ring substituents is 1. The van der Waals surface area contributed by atoms with Gasteiger partial charge in [0.05, 0.1) is 17.0 Å². The maximum Gasteiger partial charge on any atom is 0.273 e. The summed E-state index contributed by atoms with van der Waals surface area (Å²) >= 11 is 0. The Kier molecular flexibility index (Phi) is 5.15. The van der Waals surface area contributed by atoms with Crippen molar-refractivity contribution >= 4 is 16.6 Å². The van der Waals surface area contributed by atoms with Crippen LogP contribution in [0.1, 0.15) is 12.0 Å². The number of hydrogen-bond donors (Lipinski definition) is 1. The first-order chi connectivity index (χ1) is 13.0. The maximum absolute atomic E-state index is 12.7. The molecule has 8 nitrogen and oxygen atoms in total. The van der Waals surface area contributed by atoms with Gasteiger partial charge in [-0.3, -0.25) is 19.5 Å². The second kappa shape index (κ2) is 7.68. The number of ether oxygens (including phenoxy) is 1. The van der Waals surface area contributed by atoms with Gasteiger partial charge in [-0.05, 0) is 49.4 Å². The van der Waals surface area contributed by atoms with E-state index in [1.807, 2.05) is 6.07 Å². The van der Waals surface area contributed by atoms with Crippen LogP contribution in [0.2, 0.25) is 0 Å². The predicted molar refractivity (Wildman–Crippen MR) is 100 cm³/mol. The standard InChI is InChI=1S/C19H16N4O4/c20-8-1-9-27-17-6-7-18-13(11-17)10-14(12-21)19(24)22(18)15-2-4-16(5-3-15)23(25)26/h2-7,10-11H,1,8-9,20H2. The molecule has 2 N–H and O–H groups in total. The Morgan fingerprint density at radius 3 is 2.56 bits per heavy atom. The van der Waals surface area contributed by atoms with Crippen LogP contribution in [0.5, 0.6) is 5.75 Å². The summed E-state index contributed by atoms with van der Waals surface area (Å²) in [6.45, 7) is 0.987. The highest BCUT2D eigenvalue weighted by Gasteiger charge is 2.13. The fourth-order valence-electron chi connectivity index (χ4n) is 2.72. The predicted octanol–water partition coefficient (Wildman–Crippen LogP) is 2.50. The van der Waals surface area contributed by atoms with Crippen molar-refractivity contribution in [1.82, 2.24) is 4.57 Å². The number of nitro benzene ring substituents is 1. The third-order valence-electron chi connectivity index (χ3n) is 4.03. The van der Waals surface area contributed by atoms with E-state index in [0.29, 0.717) is 41.9 Å². The average Bonchev–Trinajstić information content (AvgIpc) is 2.68. The first kappa shape index (κ1) is 18.1. The second-order valence-corrected chi connectivity index (χ2v) is 5.80. The first-order valence-corrected chi connectivity index (χ1v) is 8.23. The van der Waals surface area contributed by atoms with Crippen LogP contribution >= 0.6 is 0 Å². The number of benzene rings is 2. The molecule has 0 aliphatic carbocycles. The zero-order valence-corrected chi connectivity index (χ0v) is 14.3. The Balaban J connectivity index is 2.15.